The second kappa shape index (κ2) is 5.49. The Hall–Kier alpha value is -1.10. The van der Waals surface area contributed by atoms with Crippen molar-refractivity contribution in [1.29, 1.82) is 0 Å². The zero-order valence-corrected chi connectivity index (χ0v) is 10.4. The summed E-state index contributed by atoms with van der Waals surface area (Å²) in [5.41, 5.74) is 0. The molecule has 0 aromatic rings. The first kappa shape index (κ1) is 12.4. The molecular weight excluding hydrogens is 218 g/mol. The van der Waals surface area contributed by atoms with Crippen molar-refractivity contribution in [2.24, 2.45) is 0 Å². The van der Waals surface area contributed by atoms with Crippen molar-refractivity contribution in [3.8, 4) is 0 Å². The third kappa shape index (κ3) is 2.97. The molecule has 1 N–H and O–H groups in total. The van der Waals surface area contributed by atoms with Crippen LogP contribution in [0.4, 0.5) is 0 Å². The van der Waals surface area contributed by atoms with E-state index in [4.69, 9.17) is 0 Å². The maximum absolute atomic E-state index is 12.0. The SMILES string of the molecule is CC1NCCN(CC(=O)N2CCCCC2)C1=O. The molecule has 1 atom stereocenters. The summed E-state index contributed by atoms with van der Waals surface area (Å²) in [7, 11) is 0. The second-order valence-corrected chi connectivity index (χ2v) is 4.88. The molecule has 0 aromatic heterocycles. The van der Waals surface area contributed by atoms with Crippen molar-refractivity contribution >= 4 is 11.8 Å². The number of hydrogen-bond acceptors (Lipinski definition) is 3. The highest BCUT2D eigenvalue weighted by Gasteiger charge is 2.27. The van der Waals surface area contributed by atoms with Crippen LogP contribution in [0.1, 0.15) is 26.2 Å². The largest absolute Gasteiger partial charge is 0.341 e. The quantitative estimate of drug-likeness (QED) is 0.727. The predicted molar refractivity (Wildman–Crippen MR) is 64.5 cm³/mol. The van der Waals surface area contributed by atoms with Gasteiger partial charge in [0.1, 0.15) is 0 Å². The van der Waals surface area contributed by atoms with Gasteiger partial charge in [-0.2, -0.15) is 0 Å². The smallest absolute Gasteiger partial charge is 0.242 e. The Labute approximate surface area is 102 Å². The second-order valence-electron chi connectivity index (χ2n) is 4.88. The summed E-state index contributed by atoms with van der Waals surface area (Å²) in [5.74, 6) is 0.147. The Balaban J connectivity index is 1.86. The maximum atomic E-state index is 12.0. The van der Waals surface area contributed by atoms with Gasteiger partial charge in [0.2, 0.25) is 11.8 Å². The van der Waals surface area contributed by atoms with Gasteiger partial charge in [0.05, 0.1) is 12.6 Å². The average Bonchev–Trinajstić information content (AvgIpc) is 2.36. The van der Waals surface area contributed by atoms with Gasteiger partial charge in [-0.3, -0.25) is 9.59 Å². The molecule has 0 aromatic carbocycles. The van der Waals surface area contributed by atoms with Gasteiger partial charge in [0, 0.05) is 26.2 Å². The number of rotatable bonds is 2. The number of carbonyl (C=O) groups is 2. The Morgan fingerprint density at radius 1 is 1.29 bits per heavy atom. The molecule has 2 rings (SSSR count). The van der Waals surface area contributed by atoms with Crippen LogP contribution in [0, 0.1) is 0 Å². The number of likely N-dealkylation sites (tertiary alicyclic amines) is 1. The monoisotopic (exact) mass is 239 g/mol. The first-order chi connectivity index (χ1) is 8.18. The van der Waals surface area contributed by atoms with E-state index >= 15 is 0 Å². The van der Waals surface area contributed by atoms with Crippen molar-refractivity contribution in [3.63, 3.8) is 0 Å². The van der Waals surface area contributed by atoms with Gasteiger partial charge < -0.3 is 15.1 Å². The van der Waals surface area contributed by atoms with Crippen molar-refractivity contribution in [1.82, 2.24) is 15.1 Å². The molecule has 0 radical (unpaired) electrons. The van der Waals surface area contributed by atoms with Gasteiger partial charge >= 0.3 is 0 Å². The number of piperazine rings is 1. The summed E-state index contributed by atoms with van der Waals surface area (Å²) in [6.45, 7) is 5.23. The van der Waals surface area contributed by atoms with E-state index < -0.39 is 0 Å². The van der Waals surface area contributed by atoms with Crippen LogP contribution in [-0.2, 0) is 9.59 Å². The Bertz CT molecular complexity index is 300. The molecule has 0 saturated carbocycles. The summed E-state index contributed by atoms with van der Waals surface area (Å²) in [4.78, 5) is 27.4. The molecule has 2 aliphatic rings. The van der Waals surface area contributed by atoms with Crippen LogP contribution in [0.3, 0.4) is 0 Å². The van der Waals surface area contributed by atoms with Crippen LogP contribution in [0.25, 0.3) is 0 Å². The number of hydrogen-bond donors (Lipinski definition) is 1. The Morgan fingerprint density at radius 3 is 2.71 bits per heavy atom. The molecule has 1 unspecified atom stereocenters. The molecule has 0 aliphatic carbocycles. The van der Waals surface area contributed by atoms with Gasteiger partial charge in [-0.05, 0) is 26.2 Å². The topological polar surface area (TPSA) is 52.7 Å². The molecule has 2 fully saturated rings. The lowest BCUT2D eigenvalue weighted by molar-refractivity contribution is -0.143. The molecule has 5 heteroatoms. The molecule has 96 valence electrons. The minimum Gasteiger partial charge on any atom is -0.341 e. The number of nitrogens with zero attached hydrogens (tertiary/aromatic N) is 2. The highest BCUT2D eigenvalue weighted by atomic mass is 16.2. The van der Waals surface area contributed by atoms with E-state index in [1.165, 1.54) is 6.42 Å². The average molecular weight is 239 g/mol. The van der Waals surface area contributed by atoms with Crippen LogP contribution >= 0.6 is 0 Å². The lowest BCUT2D eigenvalue weighted by Crippen LogP contribution is -2.56. The summed E-state index contributed by atoms with van der Waals surface area (Å²) < 4.78 is 0. The van der Waals surface area contributed by atoms with Gasteiger partial charge in [-0.1, -0.05) is 0 Å². The molecule has 2 amide bonds. The molecule has 2 aliphatic heterocycles. The van der Waals surface area contributed by atoms with E-state index in [2.05, 4.69) is 5.32 Å². The fraction of sp³-hybridized carbons (Fsp3) is 0.833. The number of amides is 2. The third-order valence-electron chi connectivity index (χ3n) is 3.55. The first-order valence-corrected chi connectivity index (χ1v) is 6.48. The van der Waals surface area contributed by atoms with E-state index in [9.17, 15) is 9.59 Å². The predicted octanol–water partition coefficient (Wildman–Crippen LogP) is -0.181. The Kier molecular flexibility index (Phi) is 3.99. The molecule has 17 heavy (non-hydrogen) atoms. The molecule has 2 saturated heterocycles. The van der Waals surface area contributed by atoms with Crippen molar-refractivity contribution in [2.75, 3.05) is 32.7 Å². The van der Waals surface area contributed by atoms with Crippen molar-refractivity contribution < 1.29 is 9.59 Å². The van der Waals surface area contributed by atoms with Crippen LogP contribution in [-0.4, -0.2) is 60.4 Å². The fourth-order valence-electron chi connectivity index (χ4n) is 2.45. The normalized spacial score (nSPS) is 26.2. The number of carbonyl (C=O) groups excluding carboxylic acids is 2. The molecule has 0 spiro atoms. The molecule has 2 heterocycles. The standard InChI is InChI=1S/C12H21N3O2/c1-10-12(17)15(8-5-13-10)9-11(16)14-6-3-2-4-7-14/h10,13H,2-9H2,1H3. The summed E-state index contributed by atoms with van der Waals surface area (Å²) >= 11 is 0. The van der Waals surface area contributed by atoms with Crippen LogP contribution in [0.2, 0.25) is 0 Å². The summed E-state index contributed by atoms with van der Waals surface area (Å²) in [6.07, 6.45) is 3.41. The van der Waals surface area contributed by atoms with Gasteiger partial charge in [-0.15, -0.1) is 0 Å². The van der Waals surface area contributed by atoms with Crippen LogP contribution < -0.4 is 5.32 Å². The molecule has 0 bridgehead atoms. The third-order valence-corrected chi connectivity index (χ3v) is 3.55. The summed E-state index contributed by atoms with van der Waals surface area (Å²) in [5, 5.41) is 3.10. The number of piperidine rings is 1. The molecular formula is C12H21N3O2. The van der Waals surface area contributed by atoms with E-state index in [-0.39, 0.29) is 24.4 Å². The minimum absolute atomic E-state index is 0.0432. The summed E-state index contributed by atoms with van der Waals surface area (Å²) in [6, 6.07) is -0.155. The highest BCUT2D eigenvalue weighted by molar-refractivity contribution is 5.87. The Morgan fingerprint density at radius 2 is 2.00 bits per heavy atom. The zero-order valence-electron chi connectivity index (χ0n) is 10.4. The van der Waals surface area contributed by atoms with Gasteiger partial charge in [0.25, 0.3) is 0 Å². The van der Waals surface area contributed by atoms with Gasteiger partial charge in [-0.25, -0.2) is 0 Å². The van der Waals surface area contributed by atoms with Crippen LogP contribution in [0.5, 0.6) is 0 Å². The first-order valence-electron chi connectivity index (χ1n) is 6.48. The van der Waals surface area contributed by atoms with E-state index in [0.717, 1.165) is 32.5 Å². The van der Waals surface area contributed by atoms with Crippen molar-refractivity contribution in [2.45, 2.75) is 32.2 Å². The van der Waals surface area contributed by atoms with Crippen molar-refractivity contribution in [3.05, 3.63) is 0 Å². The van der Waals surface area contributed by atoms with Crippen LogP contribution in [0.15, 0.2) is 0 Å². The zero-order chi connectivity index (χ0) is 12.3. The lowest BCUT2D eigenvalue weighted by Gasteiger charge is -2.34. The van der Waals surface area contributed by atoms with E-state index in [1.54, 1.807) is 4.90 Å². The fourth-order valence-corrected chi connectivity index (χ4v) is 2.45. The molecule has 5 nitrogen and oxygen atoms in total. The highest BCUT2D eigenvalue weighted by Crippen LogP contribution is 2.10. The van der Waals surface area contributed by atoms with E-state index in [0.29, 0.717) is 6.54 Å². The maximum Gasteiger partial charge on any atom is 0.242 e. The minimum atomic E-state index is -0.155. The number of nitrogens with one attached hydrogen (secondary N) is 1. The van der Waals surface area contributed by atoms with E-state index in [1.807, 2.05) is 11.8 Å². The lowest BCUT2D eigenvalue weighted by atomic mass is 10.1. The van der Waals surface area contributed by atoms with Gasteiger partial charge in [0.15, 0.2) is 0 Å².